The topological polar surface area (TPSA) is 78.4 Å². The Bertz CT molecular complexity index is 824. The summed E-state index contributed by atoms with van der Waals surface area (Å²) in [7, 11) is 0. The number of likely N-dealkylation sites (tertiary alicyclic amines) is 1. The van der Waals surface area contributed by atoms with Gasteiger partial charge in [0.1, 0.15) is 11.9 Å². The lowest BCUT2D eigenvalue weighted by Gasteiger charge is -2.46. The number of nitrogens with zero attached hydrogens (tertiary/aromatic N) is 3. The number of nitrogens with one attached hydrogen (secondary N) is 1. The van der Waals surface area contributed by atoms with Gasteiger partial charge in [0.15, 0.2) is 0 Å². The number of fused-ring (bicyclic) bond motifs is 1. The van der Waals surface area contributed by atoms with Crippen molar-refractivity contribution in [3.8, 4) is 0 Å². The second kappa shape index (κ2) is 7.33. The highest BCUT2D eigenvalue weighted by molar-refractivity contribution is 5.66. The van der Waals surface area contributed by atoms with Gasteiger partial charge in [-0.1, -0.05) is 24.3 Å². The van der Waals surface area contributed by atoms with Crippen molar-refractivity contribution in [1.29, 1.82) is 0 Å². The maximum atomic E-state index is 15.5. The van der Waals surface area contributed by atoms with Crippen molar-refractivity contribution >= 4 is 11.9 Å². The number of hydrogen-bond acceptors (Lipinski definition) is 4. The number of hydrogen-bond donors (Lipinski definition) is 2. The molecule has 1 amide bonds. The Labute approximate surface area is 161 Å². The van der Waals surface area contributed by atoms with Crippen LogP contribution in [-0.2, 0) is 12.8 Å². The van der Waals surface area contributed by atoms with E-state index in [0.717, 1.165) is 16.0 Å². The molecule has 0 spiro atoms. The Morgan fingerprint density at radius 2 is 1.93 bits per heavy atom. The lowest BCUT2D eigenvalue weighted by molar-refractivity contribution is -0.156. The van der Waals surface area contributed by atoms with Crippen molar-refractivity contribution in [2.45, 2.75) is 31.2 Å². The third kappa shape index (κ3) is 3.39. The zero-order valence-corrected chi connectivity index (χ0v) is 15.3. The maximum Gasteiger partial charge on any atom is 0.407 e. The van der Waals surface area contributed by atoms with Gasteiger partial charge in [-0.15, -0.1) is 5.10 Å². The molecule has 1 aromatic carbocycles. The summed E-state index contributed by atoms with van der Waals surface area (Å²) < 4.78 is 31.1. The van der Waals surface area contributed by atoms with E-state index in [1.807, 2.05) is 24.3 Å². The highest BCUT2D eigenvalue weighted by Crippen LogP contribution is 2.45. The van der Waals surface area contributed by atoms with Gasteiger partial charge in [0.2, 0.25) is 0 Å². The minimum atomic E-state index is -3.14. The van der Waals surface area contributed by atoms with E-state index in [1.54, 1.807) is 12.1 Å². The lowest BCUT2D eigenvalue weighted by Crippen LogP contribution is -2.62. The number of benzene rings is 1. The highest BCUT2D eigenvalue weighted by atomic mass is 19.3. The van der Waals surface area contributed by atoms with E-state index in [-0.39, 0.29) is 19.5 Å². The van der Waals surface area contributed by atoms with Gasteiger partial charge in [-0.05, 0) is 48.4 Å². The van der Waals surface area contributed by atoms with Crippen LogP contribution in [0.25, 0.3) is 0 Å². The average molecular weight is 388 g/mol. The fourth-order valence-corrected chi connectivity index (χ4v) is 4.54. The molecule has 1 aliphatic heterocycles. The minimum Gasteiger partial charge on any atom is -0.465 e. The van der Waals surface area contributed by atoms with Crippen molar-refractivity contribution in [1.82, 2.24) is 15.1 Å². The van der Waals surface area contributed by atoms with E-state index in [2.05, 4.69) is 15.5 Å². The van der Waals surface area contributed by atoms with Gasteiger partial charge < -0.3 is 10.4 Å². The van der Waals surface area contributed by atoms with E-state index in [0.29, 0.717) is 18.7 Å². The monoisotopic (exact) mass is 388 g/mol. The van der Waals surface area contributed by atoms with Crippen LogP contribution in [0.3, 0.4) is 0 Å². The van der Waals surface area contributed by atoms with Crippen LogP contribution >= 0.6 is 0 Å². The smallest absolute Gasteiger partial charge is 0.407 e. The summed E-state index contributed by atoms with van der Waals surface area (Å²) in [6.07, 6.45) is 1.29. The van der Waals surface area contributed by atoms with Gasteiger partial charge in [0.05, 0.1) is 0 Å². The molecule has 1 aromatic heterocycles. The molecule has 148 valence electrons. The van der Waals surface area contributed by atoms with E-state index < -0.39 is 29.9 Å². The van der Waals surface area contributed by atoms with E-state index in [4.69, 9.17) is 0 Å². The Balaban J connectivity index is 1.55. The van der Waals surface area contributed by atoms with Crippen LogP contribution in [0.4, 0.5) is 19.4 Å². The summed E-state index contributed by atoms with van der Waals surface area (Å²) in [5, 5.41) is 20.1. The zero-order chi connectivity index (χ0) is 19.7. The molecule has 28 heavy (non-hydrogen) atoms. The molecule has 8 heteroatoms. The molecule has 2 N–H and O–H groups in total. The quantitative estimate of drug-likeness (QED) is 0.840. The van der Waals surface area contributed by atoms with E-state index >= 15 is 8.78 Å². The van der Waals surface area contributed by atoms with Crippen molar-refractivity contribution in [3.63, 3.8) is 0 Å². The highest BCUT2D eigenvalue weighted by Gasteiger charge is 2.57. The first kappa shape index (κ1) is 18.6. The number of rotatable bonds is 4. The van der Waals surface area contributed by atoms with Crippen molar-refractivity contribution < 1.29 is 18.7 Å². The summed E-state index contributed by atoms with van der Waals surface area (Å²) >= 11 is 0. The predicted octanol–water partition coefficient (Wildman–Crippen LogP) is 3.31. The van der Waals surface area contributed by atoms with Gasteiger partial charge in [0.25, 0.3) is 5.92 Å². The average Bonchev–Trinajstić information content (AvgIpc) is 3.10. The second-order valence-corrected chi connectivity index (χ2v) is 7.51. The molecule has 2 heterocycles. The summed E-state index contributed by atoms with van der Waals surface area (Å²) in [6.45, 7) is 0.130. The number of piperidine rings is 1. The number of alkyl halides is 2. The Kier molecular flexibility index (Phi) is 4.87. The van der Waals surface area contributed by atoms with Gasteiger partial charge >= 0.3 is 6.09 Å². The largest absolute Gasteiger partial charge is 0.465 e. The molecule has 1 saturated heterocycles. The normalized spacial score (nSPS) is 24.0. The number of amides is 1. The number of carbonyl (C=O) groups is 1. The summed E-state index contributed by atoms with van der Waals surface area (Å²) in [5.41, 5.74) is 2.07. The first-order valence-electron chi connectivity index (χ1n) is 9.42. The number of halogens is 2. The number of aromatic nitrogens is 2. The van der Waals surface area contributed by atoms with Gasteiger partial charge in [-0.3, -0.25) is 4.90 Å². The van der Waals surface area contributed by atoms with Crippen LogP contribution in [0, 0.1) is 11.8 Å². The van der Waals surface area contributed by atoms with Gasteiger partial charge in [0, 0.05) is 25.2 Å². The molecule has 0 radical (unpaired) electrons. The summed E-state index contributed by atoms with van der Waals surface area (Å²) in [5.74, 6) is -4.11. The lowest BCUT2D eigenvalue weighted by atomic mass is 9.79. The van der Waals surface area contributed by atoms with Gasteiger partial charge in [-0.2, -0.15) is 5.10 Å². The Hall–Kier alpha value is -2.77. The third-order valence-electron chi connectivity index (χ3n) is 5.87. The van der Waals surface area contributed by atoms with E-state index in [9.17, 15) is 9.90 Å². The predicted molar refractivity (Wildman–Crippen MR) is 99.4 cm³/mol. The molecular weight excluding hydrogens is 366 g/mol. The SMILES string of the molecule is O=C(O)N1CCC(CNc2cccnn2)C(F)(F)C1C1Cc2ccccc2C1. The first-order valence-corrected chi connectivity index (χ1v) is 9.42. The third-order valence-corrected chi connectivity index (χ3v) is 5.87. The molecule has 1 aliphatic carbocycles. The summed E-state index contributed by atoms with van der Waals surface area (Å²) in [4.78, 5) is 12.7. The minimum absolute atomic E-state index is 0.0231. The molecule has 2 aromatic rings. The van der Waals surface area contributed by atoms with Crippen molar-refractivity contribution in [3.05, 3.63) is 53.7 Å². The fraction of sp³-hybridized carbons (Fsp3) is 0.450. The Morgan fingerprint density at radius 1 is 1.21 bits per heavy atom. The first-order chi connectivity index (χ1) is 13.5. The molecule has 6 nitrogen and oxygen atoms in total. The van der Waals surface area contributed by atoms with Gasteiger partial charge in [-0.25, -0.2) is 13.6 Å². The molecule has 2 atom stereocenters. The fourth-order valence-electron chi connectivity index (χ4n) is 4.54. The van der Waals surface area contributed by atoms with Crippen LogP contribution in [-0.4, -0.2) is 51.4 Å². The molecule has 2 unspecified atom stereocenters. The molecule has 4 rings (SSSR count). The van der Waals surface area contributed by atoms with Crippen LogP contribution in [0.1, 0.15) is 17.5 Å². The van der Waals surface area contributed by atoms with Crippen LogP contribution in [0.5, 0.6) is 0 Å². The number of carboxylic acid groups (broad SMARTS) is 1. The van der Waals surface area contributed by atoms with Crippen LogP contribution in [0.2, 0.25) is 0 Å². The van der Waals surface area contributed by atoms with Crippen LogP contribution in [0.15, 0.2) is 42.6 Å². The second-order valence-electron chi connectivity index (χ2n) is 7.51. The van der Waals surface area contributed by atoms with Crippen molar-refractivity contribution in [2.75, 3.05) is 18.4 Å². The standard InChI is InChI=1S/C20H22F2N4O2/c21-20(22)16(12-23-17-6-3-8-24-25-17)7-9-26(19(27)28)18(20)15-10-13-4-1-2-5-14(13)11-15/h1-6,8,15-16,18H,7,9-12H2,(H,23,25)(H,27,28). The molecule has 0 bridgehead atoms. The Morgan fingerprint density at radius 3 is 2.54 bits per heavy atom. The van der Waals surface area contributed by atoms with Crippen LogP contribution < -0.4 is 5.32 Å². The van der Waals surface area contributed by atoms with Crippen molar-refractivity contribution in [2.24, 2.45) is 11.8 Å². The maximum absolute atomic E-state index is 15.5. The zero-order valence-electron chi connectivity index (χ0n) is 15.3. The molecule has 2 aliphatic rings. The summed E-state index contributed by atoms with van der Waals surface area (Å²) in [6, 6.07) is 9.68. The molecule has 1 fully saturated rings. The molecular formula is C20H22F2N4O2. The van der Waals surface area contributed by atoms with E-state index in [1.165, 1.54) is 6.20 Å². The number of anilines is 1. The molecule has 0 saturated carbocycles.